The largest absolute Gasteiger partial charge is 0.497 e. The second-order valence-corrected chi connectivity index (χ2v) is 5.91. The number of carboxylic acids is 1. The smallest absolute Gasteiger partial charge is 0.324 e. The summed E-state index contributed by atoms with van der Waals surface area (Å²) >= 11 is 0. The number of ether oxygens (including phenoxy) is 1. The van der Waals surface area contributed by atoms with Crippen LogP contribution in [0.5, 0.6) is 5.75 Å². The van der Waals surface area contributed by atoms with Crippen LogP contribution in [-0.2, 0) is 4.79 Å². The number of anilines is 1. The first-order valence-electron chi connectivity index (χ1n) is 7.52. The average molecular weight is 317 g/mol. The molecule has 1 aromatic carbocycles. The molecule has 0 saturated carbocycles. The van der Waals surface area contributed by atoms with E-state index in [4.69, 9.17) is 9.26 Å². The number of carboxylic acid groups (broad SMARTS) is 1. The molecule has 7 heteroatoms. The predicted octanol–water partition coefficient (Wildman–Crippen LogP) is 2.29. The van der Waals surface area contributed by atoms with Crippen LogP contribution in [0.2, 0.25) is 0 Å². The zero-order valence-electron chi connectivity index (χ0n) is 13.1. The minimum atomic E-state index is -0.781. The molecule has 2 aromatic rings. The van der Waals surface area contributed by atoms with Gasteiger partial charge in [-0.15, -0.1) is 0 Å². The SMILES string of the molecule is COc1ccc(-c2noc(N3CC(C)CC(C(=O)O)C3)n2)cc1. The first-order chi connectivity index (χ1) is 11.1. The summed E-state index contributed by atoms with van der Waals surface area (Å²) in [4.78, 5) is 17.5. The Morgan fingerprint density at radius 3 is 2.74 bits per heavy atom. The van der Waals surface area contributed by atoms with Crippen LogP contribution in [0.25, 0.3) is 11.4 Å². The lowest BCUT2D eigenvalue weighted by Crippen LogP contribution is -2.42. The molecule has 2 heterocycles. The summed E-state index contributed by atoms with van der Waals surface area (Å²) < 4.78 is 10.5. The topological polar surface area (TPSA) is 88.7 Å². The zero-order chi connectivity index (χ0) is 16.4. The maximum atomic E-state index is 11.3. The van der Waals surface area contributed by atoms with Gasteiger partial charge in [-0.25, -0.2) is 0 Å². The summed E-state index contributed by atoms with van der Waals surface area (Å²) in [5.74, 6) is 0.312. The van der Waals surface area contributed by atoms with E-state index in [1.807, 2.05) is 36.1 Å². The van der Waals surface area contributed by atoms with Gasteiger partial charge in [0, 0.05) is 18.7 Å². The summed E-state index contributed by atoms with van der Waals surface area (Å²) in [5.41, 5.74) is 0.820. The molecule has 0 bridgehead atoms. The van der Waals surface area contributed by atoms with Gasteiger partial charge in [-0.05, 0) is 36.6 Å². The van der Waals surface area contributed by atoms with Gasteiger partial charge in [0.1, 0.15) is 5.75 Å². The molecule has 1 aliphatic heterocycles. The number of hydrogen-bond acceptors (Lipinski definition) is 6. The van der Waals surface area contributed by atoms with Gasteiger partial charge in [0.15, 0.2) is 0 Å². The van der Waals surface area contributed by atoms with Crippen LogP contribution in [0.15, 0.2) is 28.8 Å². The lowest BCUT2D eigenvalue weighted by molar-refractivity contribution is -0.142. The average Bonchev–Trinajstić information content (AvgIpc) is 3.04. The number of rotatable bonds is 4. The van der Waals surface area contributed by atoms with Gasteiger partial charge >= 0.3 is 12.0 Å². The fourth-order valence-corrected chi connectivity index (χ4v) is 2.89. The minimum absolute atomic E-state index is 0.265. The minimum Gasteiger partial charge on any atom is -0.497 e. The molecule has 0 amide bonds. The third kappa shape index (κ3) is 3.28. The molecule has 3 rings (SSSR count). The van der Waals surface area contributed by atoms with Crippen molar-refractivity contribution in [2.24, 2.45) is 11.8 Å². The molecule has 1 saturated heterocycles. The van der Waals surface area contributed by atoms with Crippen molar-refractivity contribution in [3.05, 3.63) is 24.3 Å². The van der Waals surface area contributed by atoms with Crippen molar-refractivity contribution in [1.29, 1.82) is 0 Å². The fraction of sp³-hybridized carbons (Fsp3) is 0.438. The molecule has 1 fully saturated rings. The molecule has 0 spiro atoms. The van der Waals surface area contributed by atoms with Gasteiger partial charge < -0.3 is 19.3 Å². The zero-order valence-corrected chi connectivity index (χ0v) is 13.1. The number of piperidine rings is 1. The molecule has 1 aliphatic rings. The van der Waals surface area contributed by atoms with Gasteiger partial charge in [-0.2, -0.15) is 4.98 Å². The van der Waals surface area contributed by atoms with Crippen molar-refractivity contribution >= 4 is 12.0 Å². The molecule has 7 nitrogen and oxygen atoms in total. The van der Waals surface area contributed by atoms with Crippen LogP contribution >= 0.6 is 0 Å². The van der Waals surface area contributed by atoms with E-state index < -0.39 is 11.9 Å². The Bertz CT molecular complexity index is 683. The Morgan fingerprint density at radius 1 is 1.35 bits per heavy atom. The van der Waals surface area contributed by atoms with Gasteiger partial charge in [0.25, 0.3) is 0 Å². The Hall–Kier alpha value is -2.57. The third-order valence-electron chi connectivity index (χ3n) is 4.04. The van der Waals surface area contributed by atoms with Crippen molar-refractivity contribution in [3.63, 3.8) is 0 Å². The molecule has 1 N–H and O–H groups in total. The first-order valence-corrected chi connectivity index (χ1v) is 7.52. The highest BCUT2D eigenvalue weighted by atomic mass is 16.5. The third-order valence-corrected chi connectivity index (χ3v) is 4.04. The predicted molar refractivity (Wildman–Crippen MR) is 83.4 cm³/mol. The van der Waals surface area contributed by atoms with Gasteiger partial charge in [0.2, 0.25) is 5.82 Å². The lowest BCUT2D eigenvalue weighted by Gasteiger charge is -2.33. The van der Waals surface area contributed by atoms with Crippen molar-refractivity contribution in [2.75, 3.05) is 25.1 Å². The maximum absolute atomic E-state index is 11.3. The number of carbonyl (C=O) groups is 1. The van der Waals surface area contributed by atoms with E-state index in [1.54, 1.807) is 7.11 Å². The summed E-state index contributed by atoms with van der Waals surface area (Å²) in [6.07, 6.45) is 0.672. The molecular weight excluding hydrogens is 298 g/mol. The highest BCUT2D eigenvalue weighted by Gasteiger charge is 2.32. The highest BCUT2D eigenvalue weighted by Crippen LogP contribution is 2.28. The number of benzene rings is 1. The monoisotopic (exact) mass is 317 g/mol. The molecule has 23 heavy (non-hydrogen) atoms. The number of aromatic nitrogens is 2. The Kier molecular flexibility index (Phi) is 4.18. The first kappa shape index (κ1) is 15.3. The molecule has 0 radical (unpaired) electrons. The van der Waals surface area contributed by atoms with Gasteiger partial charge in [-0.1, -0.05) is 12.1 Å². The normalized spacial score (nSPS) is 21.2. The van der Waals surface area contributed by atoms with Crippen molar-refractivity contribution < 1.29 is 19.2 Å². The maximum Gasteiger partial charge on any atom is 0.324 e. The van der Waals surface area contributed by atoms with Gasteiger partial charge in [0.05, 0.1) is 13.0 Å². The number of hydrogen-bond donors (Lipinski definition) is 1. The number of aliphatic carboxylic acids is 1. The van der Waals surface area contributed by atoms with Crippen molar-refractivity contribution in [3.8, 4) is 17.1 Å². The second-order valence-electron chi connectivity index (χ2n) is 5.91. The second kappa shape index (κ2) is 6.28. The summed E-state index contributed by atoms with van der Waals surface area (Å²) in [6.45, 7) is 3.14. The number of methoxy groups -OCH3 is 1. The number of nitrogens with zero attached hydrogens (tertiary/aromatic N) is 3. The quantitative estimate of drug-likeness (QED) is 0.925. The Balaban J connectivity index is 1.79. The van der Waals surface area contributed by atoms with E-state index in [2.05, 4.69) is 10.1 Å². The standard InChI is InChI=1S/C16H19N3O4/c1-10-7-12(15(20)21)9-19(8-10)16-17-14(18-23-16)11-3-5-13(22-2)6-4-11/h3-6,10,12H,7-9H2,1-2H3,(H,20,21). The summed E-state index contributed by atoms with van der Waals surface area (Å²) in [6, 6.07) is 7.73. The Labute approximate surface area is 133 Å². The van der Waals surface area contributed by atoms with Crippen LogP contribution in [-0.4, -0.2) is 41.4 Å². The van der Waals surface area contributed by atoms with E-state index in [-0.39, 0.29) is 5.92 Å². The van der Waals surface area contributed by atoms with Crippen LogP contribution in [0.1, 0.15) is 13.3 Å². The van der Waals surface area contributed by atoms with E-state index >= 15 is 0 Å². The Morgan fingerprint density at radius 2 is 2.09 bits per heavy atom. The van der Waals surface area contributed by atoms with Crippen LogP contribution in [0.4, 0.5) is 6.01 Å². The highest BCUT2D eigenvalue weighted by molar-refractivity contribution is 5.71. The summed E-state index contributed by atoms with van der Waals surface area (Å²) in [7, 11) is 1.61. The van der Waals surface area contributed by atoms with Crippen LogP contribution in [0, 0.1) is 11.8 Å². The van der Waals surface area contributed by atoms with Crippen molar-refractivity contribution in [1.82, 2.24) is 10.1 Å². The van der Waals surface area contributed by atoms with Gasteiger partial charge in [-0.3, -0.25) is 4.79 Å². The molecule has 2 atom stereocenters. The molecule has 122 valence electrons. The van der Waals surface area contributed by atoms with Crippen LogP contribution in [0.3, 0.4) is 0 Å². The lowest BCUT2D eigenvalue weighted by atomic mass is 9.91. The van der Waals surface area contributed by atoms with E-state index in [0.29, 0.717) is 31.3 Å². The molecule has 1 aromatic heterocycles. The summed E-state index contributed by atoms with van der Waals surface area (Å²) in [5, 5.41) is 13.2. The molecule has 2 unspecified atom stereocenters. The molecular formula is C16H19N3O4. The van der Waals surface area contributed by atoms with Crippen LogP contribution < -0.4 is 9.64 Å². The molecule has 0 aliphatic carbocycles. The van der Waals surface area contributed by atoms with E-state index in [9.17, 15) is 9.90 Å². The van der Waals surface area contributed by atoms with E-state index in [1.165, 1.54) is 0 Å². The van der Waals surface area contributed by atoms with E-state index in [0.717, 1.165) is 11.3 Å². The fourth-order valence-electron chi connectivity index (χ4n) is 2.89. The van der Waals surface area contributed by atoms with Crippen molar-refractivity contribution in [2.45, 2.75) is 13.3 Å².